The normalized spacial score (nSPS) is 12.4. The van der Waals surface area contributed by atoms with Gasteiger partial charge in [0.05, 0.1) is 6.04 Å². The van der Waals surface area contributed by atoms with E-state index in [4.69, 9.17) is 0 Å². The molecule has 0 N–H and O–H groups in total. The van der Waals surface area contributed by atoms with Gasteiger partial charge >= 0.3 is 0 Å². The average Bonchev–Trinajstić information content (AvgIpc) is 2.96. The van der Waals surface area contributed by atoms with Crippen molar-refractivity contribution >= 4 is 11.0 Å². The summed E-state index contributed by atoms with van der Waals surface area (Å²) in [6, 6.07) is 18.7. The number of aromatic nitrogens is 3. The predicted octanol–water partition coefficient (Wildman–Crippen LogP) is 4.18. The summed E-state index contributed by atoms with van der Waals surface area (Å²) in [5, 5.41) is 9.09. The van der Waals surface area contributed by atoms with E-state index in [-0.39, 0.29) is 6.04 Å². The average molecular weight is 277 g/mol. The molecule has 0 saturated carbocycles. The Morgan fingerprint density at radius 2 is 1.57 bits per heavy atom. The van der Waals surface area contributed by atoms with E-state index in [1.165, 1.54) is 5.56 Å². The minimum absolute atomic E-state index is 0.154. The summed E-state index contributed by atoms with van der Waals surface area (Å²) in [6.07, 6.45) is 5.10. The number of hydrogen-bond acceptors (Lipinski definition) is 2. The first kappa shape index (κ1) is 13.6. The van der Waals surface area contributed by atoms with Gasteiger partial charge in [-0.05, 0) is 37.0 Å². The summed E-state index contributed by atoms with van der Waals surface area (Å²) >= 11 is 0. The van der Waals surface area contributed by atoms with Crippen LogP contribution >= 0.6 is 0 Å². The molecule has 1 heterocycles. The highest BCUT2D eigenvalue weighted by Crippen LogP contribution is 2.18. The maximum Gasteiger partial charge on any atom is 0.113 e. The lowest BCUT2D eigenvalue weighted by atomic mass is 10.1. The molecule has 0 bridgehead atoms. The molecular weight excluding hydrogens is 258 g/mol. The molecular formula is C18H19N3. The van der Waals surface area contributed by atoms with Crippen molar-refractivity contribution in [1.29, 1.82) is 0 Å². The highest BCUT2D eigenvalue weighted by molar-refractivity contribution is 5.73. The van der Waals surface area contributed by atoms with Gasteiger partial charge in [0.25, 0.3) is 0 Å². The van der Waals surface area contributed by atoms with Crippen LogP contribution in [-0.2, 0) is 6.42 Å². The Balaban J connectivity index is 1.66. The standard InChI is InChI=1S/C18H19N3/c1-2-16(12-8-11-15-9-4-3-5-10-15)21-19-17-13-6-7-14-18(17)20-21/h2-7,9-10,13-14,16H,1,8,11-12H2. The van der Waals surface area contributed by atoms with Crippen molar-refractivity contribution in [3.8, 4) is 0 Å². The molecule has 0 spiro atoms. The second-order valence-corrected chi connectivity index (χ2v) is 5.19. The summed E-state index contributed by atoms with van der Waals surface area (Å²) in [7, 11) is 0. The maximum atomic E-state index is 4.54. The molecule has 0 aliphatic rings. The van der Waals surface area contributed by atoms with Crippen LogP contribution in [-0.4, -0.2) is 15.0 Å². The number of benzene rings is 2. The second-order valence-electron chi connectivity index (χ2n) is 5.19. The smallest absolute Gasteiger partial charge is 0.113 e. The minimum Gasteiger partial charge on any atom is -0.177 e. The first-order chi connectivity index (χ1) is 10.4. The lowest BCUT2D eigenvalue weighted by Gasteiger charge is -2.11. The number of hydrogen-bond donors (Lipinski definition) is 0. The number of fused-ring (bicyclic) bond motifs is 1. The molecule has 0 aliphatic carbocycles. The largest absolute Gasteiger partial charge is 0.177 e. The Kier molecular flexibility index (Phi) is 4.10. The summed E-state index contributed by atoms with van der Waals surface area (Å²) in [6.45, 7) is 3.93. The Bertz CT molecular complexity index is 682. The van der Waals surface area contributed by atoms with Crippen LogP contribution in [0.15, 0.2) is 67.3 Å². The van der Waals surface area contributed by atoms with Crippen LogP contribution in [0.2, 0.25) is 0 Å². The van der Waals surface area contributed by atoms with E-state index in [0.29, 0.717) is 0 Å². The molecule has 3 nitrogen and oxygen atoms in total. The fourth-order valence-corrected chi connectivity index (χ4v) is 2.51. The topological polar surface area (TPSA) is 30.7 Å². The third-order valence-corrected chi connectivity index (χ3v) is 3.68. The molecule has 0 aliphatic heterocycles. The van der Waals surface area contributed by atoms with Crippen molar-refractivity contribution in [2.45, 2.75) is 25.3 Å². The van der Waals surface area contributed by atoms with E-state index in [1.807, 2.05) is 30.3 Å². The highest BCUT2D eigenvalue weighted by atomic mass is 15.5. The lowest BCUT2D eigenvalue weighted by Crippen LogP contribution is -2.10. The monoisotopic (exact) mass is 277 g/mol. The molecule has 0 fully saturated rings. The summed E-state index contributed by atoms with van der Waals surface area (Å²) in [5.41, 5.74) is 3.25. The van der Waals surface area contributed by atoms with Gasteiger partial charge < -0.3 is 0 Å². The van der Waals surface area contributed by atoms with Gasteiger partial charge in [-0.1, -0.05) is 48.5 Å². The zero-order valence-electron chi connectivity index (χ0n) is 12.0. The van der Waals surface area contributed by atoms with E-state index in [9.17, 15) is 0 Å². The lowest BCUT2D eigenvalue weighted by molar-refractivity contribution is 0.442. The fourth-order valence-electron chi connectivity index (χ4n) is 2.51. The SMILES string of the molecule is C=CC(CCCc1ccccc1)n1nc2ccccc2n1. The van der Waals surface area contributed by atoms with Crippen LogP contribution in [0.4, 0.5) is 0 Å². The number of rotatable bonds is 6. The van der Waals surface area contributed by atoms with E-state index in [2.05, 4.69) is 47.1 Å². The molecule has 0 radical (unpaired) electrons. The number of nitrogens with zero attached hydrogens (tertiary/aromatic N) is 3. The Labute approximate surface area is 124 Å². The quantitative estimate of drug-likeness (QED) is 0.633. The molecule has 0 amide bonds. The minimum atomic E-state index is 0.154. The van der Waals surface area contributed by atoms with Gasteiger partial charge in [-0.25, -0.2) is 0 Å². The van der Waals surface area contributed by atoms with Crippen LogP contribution in [0.5, 0.6) is 0 Å². The van der Waals surface area contributed by atoms with Gasteiger partial charge in [0.1, 0.15) is 11.0 Å². The zero-order chi connectivity index (χ0) is 14.5. The van der Waals surface area contributed by atoms with E-state index >= 15 is 0 Å². The van der Waals surface area contributed by atoms with Crippen molar-refractivity contribution in [3.05, 3.63) is 72.8 Å². The van der Waals surface area contributed by atoms with Gasteiger partial charge in [0.2, 0.25) is 0 Å². The van der Waals surface area contributed by atoms with Crippen LogP contribution in [0.1, 0.15) is 24.4 Å². The van der Waals surface area contributed by atoms with Crippen molar-refractivity contribution in [1.82, 2.24) is 15.0 Å². The Morgan fingerprint density at radius 3 is 2.19 bits per heavy atom. The Hall–Kier alpha value is -2.42. The number of allylic oxidation sites excluding steroid dienone is 1. The van der Waals surface area contributed by atoms with Crippen molar-refractivity contribution in [2.75, 3.05) is 0 Å². The Morgan fingerprint density at radius 1 is 0.952 bits per heavy atom. The van der Waals surface area contributed by atoms with Crippen LogP contribution in [0.3, 0.4) is 0 Å². The molecule has 0 saturated heterocycles. The van der Waals surface area contributed by atoms with Crippen LogP contribution in [0, 0.1) is 0 Å². The van der Waals surface area contributed by atoms with Gasteiger partial charge in [-0.2, -0.15) is 15.0 Å². The third kappa shape index (κ3) is 3.19. The molecule has 106 valence electrons. The van der Waals surface area contributed by atoms with E-state index < -0.39 is 0 Å². The molecule has 1 unspecified atom stereocenters. The van der Waals surface area contributed by atoms with Crippen molar-refractivity contribution in [2.24, 2.45) is 0 Å². The van der Waals surface area contributed by atoms with Gasteiger partial charge in [-0.3, -0.25) is 0 Å². The molecule has 21 heavy (non-hydrogen) atoms. The fraction of sp³-hybridized carbons (Fsp3) is 0.222. The summed E-state index contributed by atoms with van der Waals surface area (Å²) in [5.74, 6) is 0. The van der Waals surface area contributed by atoms with E-state index in [1.54, 1.807) is 4.80 Å². The predicted molar refractivity (Wildman–Crippen MR) is 86.1 cm³/mol. The zero-order valence-corrected chi connectivity index (χ0v) is 12.0. The molecule has 1 aromatic heterocycles. The highest BCUT2D eigenvalue weighted by Gasteiger charge is 2.10. The maximum absolute atomic E-state index is 4.54. The van der Waals surface area contributed by atoms with Crippen LogP contribution < -0.4 is 0 Å². The third-order valence-electron chi connectivity index (χ3n) is 3.68. The number of aryl methyl sites for hydroxylation is 1. The first-order valence-corrected chi connectivity index (χ1v) is 7.35. The van der Waals surface area contributed by atoms with Crippen molar-refractivity contribution < 1.29 is 0 Å². The summed E-state index contributed by atoms with van der Waals surface area (Å²) in [4.78, 5) is 1.79. The molecule has 2 aromatic carbocycles. The molecule has 3 aromatic rings. The first-order valence-electron chi connectivity index (χ1n) is 7.35. The molecule has 3 heteroatoms. The van der Waals surface area contributed by atoms with Gasteiger partial charge in [0.15, 0.2) is 0 Å². The summed E-state index contributed by atoms with van der Waals surface area (Å²) < 4.78 is 0. The molecule has 1 atom stereocenters. The van der Waals surface area contributed by atoms with Crippen molar-refractivity contribution in [3.63, 3.8) is 0 Å². The second kappa shape index (κ2) is 6.35. The van der Waals surface area contributed by atoms with E-state index in [0.717, 1.165) is 30.3 Å². The van der Waals surface area contributed by atoms with Gasteiger partial charge in [-0.15, -0.1) is 6.58 Å². The molecule has 3 rings (SSSR count). The van der Waals surface area contributed by atoms with Gasteiger partial charge in [0, 0.05) is 0 Å². The van der Waals surface area contributed by atoms with Crippen LogP contribution in [0.25, 0.3) is 11.0 Å².